The molecular formula is C32H62O7. The first-order valence-electron chi connectivity index (χ1n) is 16.5. The zero-order chi connectivity index (χ0) is 28.6. The van der Waals surface area contributed by atoms with E-state index < -0.39 is 30.7 Å². The van der Waals surface area contributed by atoms with Crippen molar-refractivity contribution in [2.24, 2.45) is 0 Å². The van der Waals surface area contributed by atoms with Gasteiger partial charge in [-0.3, -0.25) is 4.79 Å². The molecule has 232 valence electrons. The summed E-state index contributed by atoms with van der Waals surface area (Å²) in [5.74, 6) is -0.332. The van der Waals surface area contributed by atoms with E-state index in [4.69, 9.17) is 14.2 Å². The summed E-state index contributed by atoms with van der Waals surface area (Å²) in [6.07, 6.45) is 20.9. The van der Waals surface area contributed by atoms with E-state index in [1.54, 1.807) is 0 Å². The van der Waals surface area contributed by atoms with E-state index in [2.05, 4.69) is 6.92 Å². The van der Waals surface area contributed by atoms with Crippen molar-refractivity contribution in [1.82, 2.24) is 0 Å². The minimum Gasteiger partial charge on any atom is -0.463 e. The second-order valence-corrected chi connectivity index (χ2v) is 11.5. The zero-order valence-corrected chi connectivity index (χ0v) is 25.3. The van der Waals surface area contributed by atoms with E-state index in [0.717, 1.165) is 32.1 Å². The molecule has 7 heteroatoms. The molecule has 1 rings (SSSR count). The monoisotopic (exact) mass is 558 g/mol. The molecule has 0 bridgehead atoms. The smallest absolute Gasteiger partial charge is 0.305 e. The quantitative estimate of drug-likeness (QED) is 0.0777. The number of aliphatic hydroxyl groups is 3. The van der Waals surface area contributed by atoms with E-state index in [1.165, 1.54) is 103 Å². The Kier molecular flexibility index (Phi) is 23.3. The Hall–Kier alpha value is -0.730. The van der Waals surface area contributed by atoms with E-state index in [1.807, 2.05) is 6.92 Å². The summed E-state index contributed by atoms with van der Waals surface area (Å²) in [5, 5.41) is 30.3. The Morgan fingerprint density at radius 3 is 1.49 bits per heavy atom. The van der Waals surface area contributed by atoms with Gasteiger partial charge in [0.2, 0.25) is 0 Å². The number of aliphatic hydroxyl groups excluding tert-OH is 3. The molecule has 5 atom stereocenters. The third kappa shape index (κ3) is 18.3. The molecule has 7 nitrogen and oxygen atoms in total. The number of unbranched alkanes of at least 4 members (excludes halogenated alkanes) is 19. The second-order valence-electron chi connectivity index (χ2n) is 11.5. The molecule has 1 saturated heterocycles. The SMILES string of the molecule is CCCCCCCCCCCCCCCCCCCCCC(=O)OC[C@H]1OC(OCCCC)[C@H](O)[C@@H](O)[C@@H]1O. The summed E-state index contributed by atoms with van der Waals surface area (Å²) < 4.78 is 16.3. The van der Waals surface area contributed by atoms with Crippen LogP contribution in [0, 0.1) is 0 Å². The normalized spacial score (nSPS) is 23.3. The van der Waals surface area contributed by atoms with Gasteiger partial charge in [-0.1, -0.05) is 136 Å². The van der Waals surface area contributed by atoms with Crippen LogP contribution in [0.25, 0.3) is 0 Å². The molecular weight excluding hydrogens is 496 g/mol. The van der Waals surface area contributed by atoms with Crippen molar-refractivity contribution in [1.29, 1.82) is 0 Å². The Labute approximate surface area is 239 Å². The summed E-state index contributed by atoms with van der Waals surface area (Å²) >= 11 is 0. The summed E-state index contributed by atoms with van der Waals surface area (Å²) in [6, 6.07) is 0. The number of esters is 1. The lowest BCUT2D eigenvalue weighted by molar-refractivity contribution is -0.301. The molecule has 0 aromatic heterocycles. The molecule has 0 amide bonds. The number of carbonyl (C=O) groups is 1. The highest BCUT2D eigenvalue weighted by molar-refractivity contribution is 5.69. The largest absolute Gasteiger partial charge is 0.463 e. The van der Waals surface area contributed by atoms with Crippen LogP contribution in [0.15, 0.2) is 0 Å². The predicted molar refractivity (Wildman–Crippen MR) is 157 cm³/mol. The van der Waals surface area contributed by atoms with Gasteiger partial charge >= 0.3 is 5.97 Å². The van der Waals surface area contributed by atoms with Gasteiger partial charge in [-0.05, 0) is 12.8 Å². The molecule has 1 aliphatic rings. The Balaban J connectivity index is 1.92. The van der Waals surface area contributed by atoms with Crippen molar-refractivity contribution in [2.45, 2.75) is 186 Å². The highest BCUT2D eigenvalue weighted by atomic mass is 16.7. The number of hydrogen-bond donors (Lipinski definition) is 3. The van der Waals surface area contributed by atoms with Gasteiger partial charge in [0, 0.05) is 13.0 Å². The van der Waals surface area contributed by atoms with Crippen molar-refractivity contribution in [3.05, 3.63) is 0 Å². The zero-order valence-electron chi connectivity index (χ0n) is 25.3. The first-order valence-corrected chi connectivity index (χ1v) is 16.5. The van der Waals surface area contributed by atoms with Gasteiger partial charge in [0.15, 0.2) is 6.29 Å². The number of ether oxygens (including phenoxy) is 3. The standard InChI is InChI=1S/C32H62O7/c1-3-5-7-8-9-10-11-12-13-14-15-16-17-18-19-20-21-22-23-24-28(33)38-26-27-29(34)30(35)31(36)32(39-27)37-25-6-4-2/h27,29-32,34-36H,3-26H2,1-2H3/t27-,29-,30+,31-,32?/m1/s1. The Bertz CT molecular complexity index is 559. The lowest BCUT2D eigenvalue weighted by atomic mass is 9.99. The maximum Gasteiger partial charge on any atom is 0.305 e. The molecule has 0 aromatic carbocycles. The molecule has 0 aliphatic carbocycles. The van der Waals surface area contributed by atoms with Crippen molar-refractivity contribution < 1.29 is 34.3 Å². The van der Waals surface area contributed by atoms with Crippen molar-refractivity contribution in [3.8, 4) is 0 Å². The van der Waals surface area contributed by atoms with Crippen LogP contribution in [-0.2, 0) is 19.0 Å². The number of rotatable bonds is 26. The molecule has 1 heterocycles. The number of carbonyl (C=O) groups excluding carboxylic acids is 1. The molecule has 3 N–H and O–H groups in total. The molecule has 39 heavy (non-hydrogen) atoms. The molecule has 1 aliphatic heterocycles. The average molecular weight is 559 g/mol. The van der Waals surface area contributed by atoms with Crippen LogP contribution in [0.1, 0.15) is 155 Å². The van der Waals surface area contributed by atoms with Gasteiger partial charge < -0.3 is 29.5 Å². The molecule has 0 spiro atoms. The van der Waals surface area contributed by atoms with Crippen molar-refractivity contribution in [2.75, 3.05) is 13.2 Å². The molecule has 0 saturated carbocycles. The van der Waals surface area contributed by atoms with E-state index >= 15 is 0 Å². The summed E-state index contributed by atoms with van der Waals surface area (Å²) in [5.41, 5.74) is 0. The topological polar surface area (TPSA) is 105 Å². The van der Waals surface area contributed by atoms with Crippen LogP contribution in [0.2, 0.25) is 0 Å². The van der Waals surface area contributed by atoms with Crippen LogP contribution in [-0.4, -0.2) is 65.2 Å². The van der Waals surface area contributed by atoms with Crippen LogP contribution < -0.4 is 0 Å². The first kappa shape index (κ1) is 36.3. The Morgan fingerprint density at radius 1 is 0.590 bits per heavy atom. The fourth-order valence-electron chi connectivity index (χ4n) is 5.13. The van der Waals surface area contributed by atoms with Crippen molar-refractivity contribution >= 4 is 5.97 Å². The third-order valence-electron chi connectivity index (χ3n) is 7.84. The highest BCUT2D eigenvalue weighted by Gasteiger charge is 2.44. The third-order valence-corrected chi connectivity index (χ3v) is 7.84. The molecule has 0 aromatic rings. The maximum absolute atomic E-state index is 12.1. The minimum atomic E-state index is -1.41. The van der Waals surface area contributed by atoms with Gasteiger partial charge in [0.25, 0.3) is 0 Å². The highest BCUT2D eigenvalue weighted by Crippen LogP contribution is 2.23. The van der Waals surface area contributed by atoms with Crippen LogP contribution in [0.4, 0.5) is 0 Å². The predicted octanol–water partition coefficient (Wildman–Crippen LogP) is 6.98. The van der Waals surface area contributed by atoms with Gasteiger partial charge in [0.1, 0.15) is 31.0 Å². The summed E-state index contributed by atoms with van der Waals surface area (Å²) in [7, 11) is 0. The maximum atomic E-state index is 12.1. The van der Waals surface area contributed by atoms with Crippen LogP contribution >= 0.6 is 0 Å². The van der Waals surface area contributed by atoms with Gasteiger partial charge in [0.05, 0.1) is 0 Å². The van der Waals surface area contributed by atoms with E-state index in [0.29, 0.717) is 13.0 Å². The van der Waals surface area contributed by atoms with Crippen LogP contribution in [0.5, 0.6) is 0 Å². The Morgan fingerprint density at radius 2 is 1.03 bits per heavy atom. The molecule has 0 radical (unpaired) electrons. The van der Waals surface area contributed by atoms with Crippen LogP contribution in [0.3, 0.4) is 0 Å². The second kappa shape index (κ2) is 25.0. The minimum absolute atomic E-state index is 0.170. The van der Waals surface area contributed by atoms with E-state index in [-0.39, 0.29) is 12.6 Å². The lowest BCUT2D eigenvalue weighted by Crippen LogP contribution is -2.59. The summed E-state index contributed by atoms with van der Waals surface area (Å²) in [4.78, 5) is 12.1. The lowest BCUT2D eigenvalue weighted by Gasteiger charge is -2.39. The van der Waals surface area contributed by atoms with E-state index in [9.17, 15) is 20.1 Å². The summed E-state index contributed by atoms with van der Waals surface area (Å²) in [6.45, 7) is 4.50. The average Bonchev–Trinajstić information content (AvgIpc) is 2.93. The molecule has 1 unspecified atom stereocenters. The van der Waals surface area contributed by atoms with Gasteiger partial charge in [-0.2, -0.15) is 0 Å². The number of hydrogen-bond acceptors (Lipinski definition) is 7. The first-order chi connectivity index (χ1) is 19.0. The fraction of sp³-hybridized carbons (Fsp3) is 0.969. The van der Waals surface area contributed by atoms with Gasteiger partial charge in [-0.15, -0.1) is 0 Å². The van der Waals surface area contributed by atoms with Crippen molar-refractivity contribution in [3.63, 3.8) is 0 Å². The van der Waals surface area contributed by atoms with Gasteiger partial charge in [-0.25, -0.2) is 0 Å². The fourth-order valence-corrected chi connectivity index (χ4v) is 5.13. The molecule has 1 fully saturated rings.